The first-order chi connectivity index (χ1) is 11.3. The number of imidazole rings is 1. The fraction of sp³-hybridized carbons (Fsp3) is 0.412. The Balaban J connectivity index is 2.00. The van der Waals surface area contributed by atoms with Crippen LogP contribution in [0, 0.1) is 6.92 Å². The lowest BCUT2D eigenvalue weighted by Gasteiger charge is -2.37. The highest BCUT2D eigenvalue weighted by Gasteiger charge is 2.38. The van der Waals surface area contributed by atoms with E-state index < -0.39 is 15.1 Å². The number of sulfone groups is 1. The van der Waals surface area contributed by atoms with Gasteiger partial charge in [-0.25, -0.2) is 13.4 Å². The summed E-state index contributed by atoms with van der Waals surface area (Å²) in [6, 6.07) is 5.32. The summed E-state index contributed by atoms with van der Waals surface area (Å²) in [6.45, 7) is 5.63. The van der Waals surface area contributed by atoms with Gasteiger partial charge in [-0.1, -0.05) is 11.6 Å². The molecule has 1 saturated heterocycles. The summed E-state index contributed by atoms with van der Waals surface area (Å²) in [5, 5.41) is -0.559. The zero-order valence-electron chi connectivity index (χ0n) is 14.0. The molecule has 1 aromatic carbocycles. The highest BCUT2D eigenvalue weighted by Crippen LogP contribution is 2.24. The van der Waals surface area contributed by atoms with Crippen molar-refractivity contribution in [1.29, 1.82) is 0 Å². The third-order valence-electron chi connectivity index (χ3n) is 4.78. The number of aromatic nitrogens is 2. The molecule has 0 N–H and O–H groups in total. The molecule has 6 nitrogen and oxygen atoms in total. The van der Waals surface area contributed by atoms with Crippen molar-refractivity contribution in [3.8, 4) is 5.69 Å². The Kier molecular flexibility index (Phi) is 4.21. The van der Waals surface area contributed by atoms with Crippen LogP contribution in [-0.2, 0) is 9.84 Å². The molecule has 2 heterocycles. The lowest BCUT2D eigenvalue weighted by atomic mass is 10.1. The minimum atomic E-state index is -3.13. The van der Waals surface area contributed by atoms with Gasteiger partial charge in [0.2, 0.25) is 0 Å². The van der Waals surface area contributed by atoms with E-state index in [4.69, 9.17) is 0 Å². The molecule has 0 radical (unpaired) electrons. The summed E-state index contributed by atoms with van der Waals surface area (Å²) in [4.78, 5) is 18.8. The maximum atomic E-state index is 13.1. The molecule has 7 heteroatoms. The third kappa shape index (κ3) is 2.84. The van der Waals surface area contributed by atoms with E-state index in [1.165, 1.54) is 0 Å². The minimum Gasteiger partial charge on any atom is -0.334 e. The van der Waals surface area contributed by atoms with Gasteiger partial charge in [-0.3, -0.25) is 4.79 Å². The number of nitrogens with zero attached hydrogens (tertiary/aromatic N) is 3. The first-order valence-corrected chi connectivity index (χ1v) is 9.64. The monoisotopic (exact) mass is 347 g/mol. The van der Waals surface area contributed by atoms with Gasteiger partial charge in [0.15, 0.2) is 9.84 Å². The number of amides is 1. The molecule has 2 atom stereocenters. The van der Waals surface area contributed by atoms with Crippen molar-refractivity contribution in [2.75, 3.05) is 12.3 Å². The van der Waals surface area contributed by atoms with Crippen LogP contribution in [0.25, 0.3) is 5.69 Å². The number of hydrogen-bond acceptors (Lipinski definition) is 4. The summed E-state index contributed by atoms with van der Waals surface area (Å²) in [5.41, 5.74) is 2.29. The SMILES string of the molecule is Cc1ccc(-n2ccnc2)c(C(=O)N2CCS(=O)(=O)[C@H](C)[C@H]2C)c1. The van der Waals surface area contributed by atoms with Crippen molar-refractivity contribution in [2.45, 2.75) is 32.1 Å². The summed E-state index contributed by atoms with van der Waals surface area (Å²) in [7, 11) is -3.13. The lowest BCUT2D eigenvalue weighted by Crippen LogP contribution is -2.54. The topological polar surface area (TPSA) is 72.3 Å². The summed E-state index contributed by atoms with van der Waals surface area (Å²) >= 11 is 0. The van der Waals surface area contributed by atoms with Gasteiger partial charge in [-0.2, -0.15) is 0 Å². The van der Waals surface area contributed by atoms with Crippen molar-refractivity contribution in [3.63, 3.8) is 0 Å². The van der Waals surface area contributed by atoms with Gasteiger partial charge in [-0.15, -0.1) is 0 Å². The minimum absolute atomic E-state index is 0.0104. The average Bonchev–Trinajstić information content (AvgIpc) is 3.06. The molecular formula is C17H21N3O3S. The zero-order valence-corrected chi connectivity index (χ0v) is 14.8. The quantitative estimate of drug-likeness (QED) is 0.831. The average molecular weight is 347 g/mol. The molecule has 0 aliphatic carbocycles. The number of carbonyl (C=O) groups excluding carboxylic acids is 1. The van der Waals surface area contributed by atoms with Gasteiger partial charge in [0.1, 0.15) is 0 Å². The van der Waals surface area contributed by atoms with Crippen LogP contribution in [0.4, 0.5) is 0 Å². The molecule has 24 heavy (non-hydrogen) atoms. The molecule has 128 valence electrons. The van der Waals surface area contributed by atoms with E-state index in [1.54, 1.807) is 42.0 Å². The van der Waals surface area contributed by atoms with Crippen molar-refractivity contribution in [3.05, 3.63) is 48.0 Å². The lowest BCUT2D eigenvalue weighted by molar-refractivity contribution is 0.0693. The van der Waals surface area contributed by atoms with Crippen molar-refractivity contribution < 1.29 is 13.2 Å². The van der Waals surface area contributed by atoms with Crippen molar-refractivity contribution >= 4 is 15.7 Å². The van der Waals surface area contributed by atoms with E-state index in [0.29, 0.717) is 5.56 Å². The molecule has 1 aliphatic rings. The highest BCUT2D eigenvalue weighted by molar-refractivity contribution is 7.92. The molecule has 3 rings (SSSR count). The molecule has 2 aromatic rings. The van der Waals surface area contributed by atoms with Crippen LogP contribution in [0.3, 0.4) is 0 Å². The number of rotatable bonds is 2. The Hall–Kier alpha value is -2.15. The van der Waals surface area contributed by atoms with Crippen LogP contribution in [0.15, 0.2) is 36.9 Å². The maximum absolute atomic E-state index is 13.1. The predicted molar refractivity (Wildman–Crippen MR) is 92.0 cm³/mol. The Labute approximate surface area is 142 Å². The first-order valence-electron chi connectivity index (χ1n) is 7.93. The molecule has 1 fully saturated rings. The molecule has 0 bridgehead atoms. The van der Waals surface area contributed by atoms with E-state index in [-0.39, 0.29) is 24.2 Å². The Morgan fingerprint density at radius 1 is 1.29 bits per heavy atom. The van der Waals surface area contributed by atoms with Gasteiger partial charge < -0.3 is 9.47 Å². The summed E-state index contributed by atoms with van der Waals surface area (Å²) in [5.74, 6) is -0.132. The van der Waals surface area contributed by atoms with E-state index in [1.807, 2.05) is 25.1 Å². The van der Waals surface area contributed by atoms with E-state index in [0.717, 1.165) is 11.3 Å². The smallest absolute Gasteiger partial charge is 0.256 e. The van der Waals surface area contributed by atoms with Gasteiger partial charge in [-0.05, 0) is 32.9 Å². The fourth-order valence-electron chi connectivity index (χ4n) is 3.06. The van der Waals surface area contributed by atoms with Crippen LogP contribution >= 0.6 is 0 Å². The van der Waals surface area contributed by atoms with Gasteiger partial charge in [0.25, 0.3) is 5.91 Å². The predicted octanol–water partition coefficient (Wildman–Crippen LogP) is 1.83. The third-order valence-corrected chi connectivity index (χ3v) is 7.06. The number of hydrogen-bond donors (Lipinski definition) is 0. The maximum Gasteiger partial charge on any atom is 0.256 e. The van der Waals surface area contributed by atoms with Gasteiger partial charge in [0.05, 0.1) is 28.6 Å². The summed E-state index contributed by atoms with van der Waals surface area (Å²) in [6.07, 6.45) is 5.09. The van der Waals surface area contributed by atoms with Crippen molar-refractivity contribution in [2.24, 2.45) is 0 Å². The fourth-order valence-corrected chi connectivity index (χ4v) is 4.63. The standard InChI is InChI=1S/C17H21N3O3S/c1-12-4-5-16(19-7-6-18-11-19)15(10-12)17(21)20-8-9-24(22,23)14(3)13(20)2/h4-7,10-11,13-14H,8-9H2,1-3H3/t13-,14-/m1/s1. The number of benzene rings is 1. The summed E-state index contributed by atoms with van der Waals surface area (Å²) < 4.78 is 25.9. The van der Waals surface area contributed by atoms with Gasteiger partial charge in [0, 0.05) is 25.0 Å². The van der Waals surface area contributed by atoms with E-state index in [2.05, 4.69) is 4.98 Å². The Morgan fingerprint density at radius 2 is 2.04 bits per heavy atom. The zero-order chi connectivity index (χ0) is 17.5. The van der Waals surface area contributed by atoms with Crippen molar-refractivity contribution in [1.82, 2.24) is 14.5 Å². The number of aryl methyl sites for hydroxylation is 1. The molecule has 1 amide bonds. The van der Waals surface area contributed by atoms with E-state index >= 15 is 0 Å². The second-order valence-electron chi connectivity index (χ2n) is 6.30. The Morgan fingerprint density at radius 3 is 2.71 bits per heavy atom. The highest BCUT2D eigenvalue weighted by atomic mass is 32.2. The normalized spacial score (nSPS) is 23.2. The molecule has 0 spiro atoms. The first kappa shape index (κ1) is 16.7. The van der Waals surface area contributed by atoms with Crippen LogP contribution in [0.1, 0.15) is 29.8 Å². The van der Waals surface area contributed by atoms with Gasteiger partial charge >= 0.3 is 0 Å². The molecule has 0 saturated carbocycles. The Bertz CT molecular complexity index is 859. The molecule has 0 unspecified atom stereocenters. The molecule has 1 aromatic heterocycles. The van der Waals surface area contributed by atoms with E-state index in [9.17, 15) is 13.2 Å². The second kappa shape index (κ2) is 6.05. The van der Waals surface area contributed by atoms with Crippen LogP contribution in [0.2, 0.25) is 0 Å². The largest absolute Gasteiger partial charge is 0.334 e. The second-order valence-corrected chi connectivity index (χ2v) is 8.78. The number of carbonyl (C=O) groups is 1. The molecule has 1 aliphatic heterocycles. The van der Waals surface area contributed by atoms with Crippen LogP contribution in [-0.4, -0.2) is 52.4 Å². The van der Waals surface area contributed by atoms with Crippen LogP contribution < -0.4 is 0 Å². The van der Waals surface area contributed by atoms with Crippen LogP contribution in [0.5, 0.6) is 0 Å². The molecular weight excluding hydrogens is 326 g/mol.